The molecule has 0 aromatic heterocycles. The number of piperidine rings is 1. The van der Waals surface area contributed by atoms with E-state index in [4.69, 9.17) is 4.74 Å². The third kappa shape index (κ3) is 3.03. The van der Waals surface area contributed by atoms with Crippen molar-refractivity contribution in [2.75, 3.05) is 19.7 Å². The molecule has 1 aromatic carbocycles. The van der Waals surface area contributed by atoms with E-state index in [-0.39, 0.29) is 24.1 Å². The first kappa shape index (κ1) is 15.5. The lowest BCUT2D eigenvalue weighted by Crippen LogP contribution is -2.56. The van der Waals surface area contributed by atoms with Crippen molar-refractivity contribution in [2.45, 2.75) is 44.9 Å². The Morgan fingerprint density at radius 3 is 2.55 bits per heavy atom. The molecule has 1 N–H and O–H groups in total. The molecule has 2 saturated heterocycles. The van der Waals surface area contributed by atoms with Gasteiger partial charge in [0.15, 0.2) is 0 Å². The smallest absolute Gasteiger partial charge is 0.226 e. The molecule has 120 valence electrons. The van der Waals surface area contributed by atoms with Gasteiger partial charge in [0.05, 0.1) is 18.7 Å². The fourth-order valence-electron chi connectivity index (χ4n) is 3.72. The Morgan fingerprint density at radius 1 is 1.18 bits per heavy atom. The molecule has 4 nitrogen and oxygen atoms in total. The van der Waals surface area contributed by atoms with Crippen LogP contribution in [0.5, 0.6) is 0 Å². The van der Waals surface area contributed by atoms with E-state index in [1.165, 1.54) is 0 Å². The van der Waals surface area contributed by atoms with Crippen LogP contribution in [0.2, 0.25) is 0 Å². The highest BCUT2D eigenvalue weighted by atomic mass is 16.5. The lowest BCUT2D eigenvalue weighted by molar-refractivity contribution is -0.158. The normalized spacial score (nSPS) is 30.3. The fourth-order valence-corrected chi connectivity index (χ4v) is 3.72. The molecule has 3 rings (SSSR count). The number of carbonyl (C=O) groups excluding carboxylic acids is 1. The third-order valence-corrected chi connectivity index (χ3v) is 4.94. The first-order valence-corrected chi connectivity index (χ1v) is 8.38. The Morgan fingerprint density at radius 2 is 1.86 bits per heavy atom. The molecule has 2 aliphatic heterocycles. The molecule has 22 heavy (non-hydrogen) atoms. The molecule has 4 heteroatoms. The third-order valence-electron chi connectivity index (χ3n) is 4.94. The van der Waals surface area contributed by atoms with Crippen molar-refractivity contribution in [2.24, 2.45) is 5.92 Å². The van der Waals surface area contributed by atoms with Crippen LogP contribution in [0.15, 0.2) is 30.3 Å². The summed E-state index contributed by atoms with van der Waals surface area (Å²) in [7, 11) is 0. The van der Waals surface area contributed by atoms with Gasteiger partial charge in [-0.1, -0.05) is 30.3 Å². The molecule has 0 bridgehead atoms. The highest BCUT2D eigenvalue weighted by Crippen LogP contribution is 2.32. The molecule has 1 amide bonds. The average Bonchev–Trinajstić information content (AvgIpc) is 2.56. The van der Waals surface area contributed by atoms with E-state index in [0.29, 0.717) is 12.5 Å². The van der Waals surface area contributed by atoms with Crippen molar-refractivity contribution in [3.8, 4) is 0 Å². The molecule has 3 atom stereocenters. The summed E-state index contributed by atoms with van der Waals surface area (Å²) in [4.78, 5) is 15.1. The van der Waals surface area contributed by atoms with Gasteiger partial charge in [0, 0.05) is 5.92 Å². The molecule has 1 aromatic rings. The standard InChI is InChI=1S/C18H26N2O2/c1-13-12-22-17(15-6-4-3-5-7-15)14(2)20(13)18(21)16-8-10-19-11-9-16/h3-7,13-14,16-17,19H,8-12H2,1-2H3. The molecule has 2 fully saturated rings. The van der Waals surface area contributed by atoms with Crippen LogP contribution >= 0.6 is 0 Å². The summed E-state index contributed by atoms with van der Waals surface area (Å²) in [5.74, 6) is 0.478. The minimum atomic E-state index is -0.0249. The molecule has 0 spiro atoms. The van der Waals surface area contributed by atoms with Crippen LogP contribution in [0.25, 0.3) is 0 Å². The lowest BCUT2D eigenvalue weighted by atomic mass is 9.92. The minimum Gasteiger partial charge on any atom is -0.369 e. The molecule has 2 aliphatic rings. The van der Waals surface area contributed by atoms with Gasteiger partial charge in [-0.2, -0.15) is 0 Å². The maximum atomic E-state index is 13.0. The number of carbonyl (C=O) groups is 1. The van der Waals surface area contributed by atoms with Gasteiger partial charge in [-0.15, -0.1) is 0 Å². The van der Waals surface area contributed by atoms with Gasteiger partial charge in [0.25, 0.3) is 0 Å². The van der Waals surface area contributed by atoms with E-state index in [2.05, 4.69) is 36.2 Å². The van der Waals surface area contributed by atoms with Crippen molar-refractivity contribution in [1.82, 2.24) is 10.2 Å². The largest absolute Gasteiger partial charge is 0.369 e. The molecular weight excluding hydrogens is 276 g/mol. The van der Waals surface area contributed by atoms with Crippen molar-refractivity contribution < 1.29 is 9.53 Å². The number of morpholine rings is 1. The minimum absolute atomic E-state index is 0.0249. The van der Waals surface area contributed by atoms with Gasteiger partial charge in [0.1, 0.15) is 6.10 Å². The monoisotopic (exact) mass is 302 g/mol. The Kier molecular flexibility index (Phi) is 4.79. The van der Waals surface area contributed by atoms with Gasteiger partial charge in [-0.3, -0.25) is 4.79 Å². The summed E-state index contributed by atoms with van der Waals surface area (Å²) in [6.45, 7) is 6.72. The van der Waals surface area contributed by atoms with Gasteiger partial charge in [0.2, 0.25) is 5.91 Å². The molecule has 0 aliphatic carbocycles. The Bertz CT molecular complexity index is 499. The second-order valence-corrected chi connectivity index (χ2v) is 6.52. The first-order valence-electron chi connectivity index (χ1n) is 8.38. The SMILES string of the molecule is CC1COC(c2ccccc2)C(C)N1C(=O)C1CCNCC1. The van der Waals surface area contributed by atoms with Crippen LogP contribution in [-0.4, -0.2) is 42.6 Å². The Labute approximate surface area is 132 Å². The maximum Gasteiger partial charge on any atom is 0.226 e. The van der Waals surface area contributed by atoms with E-state index in [9.17, 15) is 4.79 Å². The molecule has 3 unspecified atom stereocenters. The van der Waals surface area contributed by atoms with E-state index >= 15 is 0 Å². The van der Waals surface area contributed by atoms with Crippen molar-refractivity contribution >= 4 is 5.91 Å². The zero-order chi connectivity index (χ0) is 15.5. The van der Waals surface area contributed by atoms with Crippen LogP contribution in [-0.2, 0) is 9.53 Å². The molecule has 0 saturated carbocycles. The van der Waals surface area contributed by atoms with Crippen molar-refractivity contribution in [3.63, 3.8) is 0 Å². The van der Waals surface area contributed by atoms with Gasteiger partial charge in [-0.25, -0.2) is 0 Å². The summed E-state index contributed by atoms with van der Waals surface area (Å²) in [6, 6.07) is 10.5. The topological polar surface area (TPSA) is 41.6 Å². The van der Waals surface area contributed by atoms with Crippen LogP contribution in [0.4, 0.5) is 0 Å². The number of nitrogens with one attached hydrogen (secondary N) is 1. The van der Waals surface area contributed by atoms with E-state index in [0.717, 1.165) is 31.5 Å². The summed E-state index contributed by atoms with van der Waals surface area (Å²) >= 11 is 0. The first-order chi connectivity index (χ1) is 10.7. The second-order valence-electron chi connectivity index (χ2n) is 6.52. The quantitative estimate of drug-likeness (QED) is 0.912. The molecule has 0 radical (unpaired) electrons. The lowest BCUT2D eigenvalue weighted by Gasteiger charge is -2.45. The highest BCUT2D eigenvalue weighted by Gasteiger charge is 2.39. The van der Waals surface area contributed by atoms with Gasteiger partial charge in [-0.05, 0) is 45.3 Å². The van der Waals surface area contributed by atoms with E-state index in [1.807, 2.05) is 18.2 Å². The number of rotatable bonds is 2. The molecule has 2 heterocycles. The Balaban J connectivity index is 1.78. The predicted molar refractivity (Wildman–Crippen MR) is 86.5 cm³/mol. The number of nitrogens with zero attached hydrogens (tertiary/aromatic N) is 1. The average molecular weight is 302 g/mol. The summed E-state index contributed by atoms with van der Waals surface area (Å²) < 4.78 is 6.05. The van der Waals surface area contributed by atoms with Gasteiger partial charge < -0.3 is 15.0 Å². The summed E-state index contributed by atoms with van der Waals surface area (Å²) in [6.07, 6.45) is 1.88. The van der Waals surface area contributed by atoms with Crippen LogP contribution < -0.4 is 5.32 Å². The summed E-state index contributed by atoms with van der Waals surface area (Å²) in [5, 5.41) is 3.33. The van der Waals surface area contributed by atoms with Crippen LogP contribution in [0, 0.1) is 5.92 Å². The van der Waals surface area contributed by atoms with Gasteiger partial charge >= 0.3 is 0 Å². The fraction of sp³-hybridized carbons (Fsp3) is 0.611. The number of hydrogen-bond donors (Lipinski definition) is 1. The van der Waals surface area contributed by atoms with Crippen molar-refractivity contribution in [3.05, 3.63) is 35.9 Å². The van der Waals surface area contributed by atoms with Crippen molar-refractivity contribution in [1.29, 1.82) is 0 Å². The predicted octanol–water partition coefficient (Wildman–Crippen LogP) is 2.36. The molecular formula is C18H26N2O2. The second kappa shape index (κ2) is 6.80. The zero-order valence-corrected chi connectivity index (χ0v) is 13.5. The summed E-state index contributed by atoms with van der Waals surface area (Å²) in [5.41, 5.74) is 1.16. The highest BCUT2D eigenvalue weighted by molar-refractivity contribution is 5.79. The Hall–Kier alpha value is -1.39. The number of benzene rings is 1. The van der Waals surface area contributed by atoms with E-state index < -0.39 is 0 Å². The number of hydrogen-bond acceptors (Lipinski definition) is 3. The zero-order valence-electron chi connectivity index (χ0n) is 13.5. The van der Waals surface area contributed by atoms with E-state index in [1.54, 1.807) is 0 Å². The van der Waals surface area contributed by atoms with Crippen LogP contribution in [0.1, 0.15) is 38.4 Å². The van der Waals surface area contributed by atoms with Crippen LogP contribution in [0.3, 0.4) is 0 Å². The number of ether oxygens (including phenoxy) is 1. The number of amides is 1. The maximum absolute atomic E-state index is 13.0.